The van der Waals surface area contributed by atoms with Crippen LogP contribution in [0.3, 0.4) is 0 Å². The number of benzene rings is 3. The molecule has 1 fully saturated rings. The Bertz CT molecular complexity index is 1260. The molecule has 4 rings (SSSR count). The summed E-state index contributed by atoms with van der Waals surface area (Å²) in [6.07, 6.45) is -0.0750. The molecule has 0 aliphatic carbocycles. The van der Waals surface area contributed by atoms with Crippen LogP contribution in [0.25, 0.3) is 6.08 Å². The Morgan fingerprint density at radius 3 is 2.50 bits per heavy atom. The predicted octanol–water partition coefficient (Wildman–Crippen LogP) is 5.82. The Hall–Kier alpha value is -3.98. The highest BCUT2D eigenvalue weighted by atomic mass is 19.4. The molecule has 0 aromatic heterocycles. The van der Waals surface area contributed by atoms with Crippen LogP contribution in [-0.4, -0.2) is 31.6 Å². The SMILES string of the molecule is N=C(N)c1ccc(OCc2ccccc2)c(/C=C/CNc2cccc(OC3CCNCC3)c2C(F)(F)F)c1. The summed E-state index contributed by atoms with van der Waals surface area (Å²) in [5.74, 6) is 0.320. The third-order valence-electron chi connectivity index (χ3n) is 6.16. The Kier molecular flexibility index (Phi) is 8.91. The van der Waals surface area contributed by atoms with E-state index >= 15 is 0 Å². The lowest BCUT2D eigenvalue weighted by Crippen LogP contribution is -2.34. The van der Waals surface area contributed by atoms with Crippen molar-refractivity contribution in [1.82, 2.24) is 5.32 Å². The third-order valence-corrected chi connectivity index (χ3v) is 6.16. The van der Waals surface area contributed by atoms with E-state index in [-0.39, 0.29) is 29.9 Å². The number of hydrogen-bond acceptors (Lipinski definition) is 5. The maximum atomic E-state index is 14.0. The fourth-order valence-corrected chi connectivity index (χ4v) is 4.23. The summed E-state index contributed by atoms with van der Waals surface area (Å²) >= 11 is 0. The molecule has 1 heterocycles. The van der Waals surface area contributed by atoms with E-state index in [0.717, 1.165) is 18.7 Å². The molecule has 0 saturated carbocycles. The first-order valence-corrected chi connectivity index (χ1v) is 12.4. The summed E-state index contributed by atoms with van der Waals surface area (Å²) in [5.41, 5.74) is 6.97. The van der Waals surface area contributed by atoms with Crippen molar-refractivity contribution in [2.45, 2.75) is 31.7 Å². The number of nitrogens with one attached hydrogen (secondary N) is 3. The average molecular weight is 525 g/mol. The van der Waals surface area contributed by atoms with Crippen molar-refractivity contribution in [2.24, 2.45) is 5.73 Å². The molecule has 3 aromatic rings. The molecule has 6 nitrogen and oxygen atoms in total. The molecule has 0 spiro atoms. The molecule has 3 aromatic carbocycles. The lowest BCUT2D eigenvalue weighted by Gasteiger charge is -2.26. The Morgan fingerprint density at radius 1 is 1.03 bits per heavy atom. The van der Waals surface area contributed by atoms with Crippen molar-refractivity contribution in [3.8, 4) is 11.5 Å². The highest BCUT2D eigenvalue weighted by Gasteiger charge is 2.38. The van der Waals surface area contributed by atoms with Gasteiger partial charge in [0, 0.05) is 17.7 Å². The number of piperidine rings is 1. The zero-order chi connectivity index (χ0) is 27.0. The van der Waals surface area contributed by atoms with Crippen molar-refractivity contribution in [3.63, 3.8) is 0 Å². The molecule has 0 atom stereocenters. The van der Waals surface area contributed by atoms with Gasteiger partial charge in [0.25, 0.3) is 0 Å². The second-order valence-electron chi connectivity index (χ2n) is 8.97. The third kappa shape index (κ3) is 7.29. The fraction of sp³-hybridized carbons (Fsp3) is 0.276. The first-order valence-electron chi connectivity index (χ1n) is 12.4. The van der Waals surface area contributed by atoms with Crippen molar-refractivity contribution >= 4 is 17.6 Å². The van der Waals surface area contributed by atoms with Crippen LogP contribution >= 0.6 is 0 Å². The zero-order valence-electron chi connectivity index (χ0n) is 20.9. The van der Waals surface area contributed by atoms with Gasteiger partial charge < -0.3 is 25.8 Å². The number of nitrogen functional groups attached to an aromatic ring is 1. The minimum Gasteiger partial charge on any atom is -0.490 e. The molecule has 38 heavy (non-hydrogen) atoms. The fourth-order valence-electron chi connectivity index (χ4n) is 4.23. The first kappa shape index (κ1) is 27.1. The summed E-state index contributed by atoms with van der Waals surface area (Å²) in [6, 6.07) is 19.1. The van der Waals surface area contributed by atoms with Gasteiger partial charge in [0.05, 0.1) is 5.69 Å². The highest BCUT2D eigenvalue weighted by Crippen LogP contribution is 2.42. The number of rotatable bonds is 10. The zero-order valence-corrected chi connectivity index (χ0v) is 20.9. The molecule has 1 aliphatic heterocycles. The van der Waals surface area contributed by atoms with Gasteiger partial charge in [-0.05, 0) is 61.8 Å². The number of ether oxygens (including phenoxy) is 2. The Labute approximate surface area is 220 Å². The first-order chi connectivity index (χ1) is 18.3. The van der Waals surface area contributed by atoms with E-state index in [2.05, 4.69) is 10.6 Å². The molecule has 200 valence electrons. The minimum atomic E-state index is -4.58. The Morgan fingerprint density at radius 2 is 1.79 bits per heavy atom. The summed E-state index contributed by atoms with van der Waals surface area (Å²) in [5, 5.41) is 13.8. The second-order valence-corrected chi connectivity index (χ2v) is 8.97. The maximum absolute atomic E-state index is 14.0. The van der Waals surface area contributed by atoms with E-state index in [9.17, 15) is 13.2 Å². The van der Waals surface area contributed by atoms with Gasteiger partial charge in [-0.1, -0.05) is 48.6 Å². The number of nitrogens with two attached hydrogens (primary N) is 1. The van der Waals surface area contributed by atoms with Crippen LogP contribution in [0.2, 0.25) is 0 Å². The van der Waals surface area contributed by atoms with Crippen LogP contribution in [-0.2, 0) is 12.8 Å². The molecule has 1 aliphatic rings. The van der Waals surface area contributed by atoms with Crippen molar-refractivity contribution < 1.29 is 22.6 Å². The number of anilines is 1. The lowest BCUT2D eigenvalue weighted by molar-refractivity contribution is -0.138. The van der Waals surface area contributed by atoms with Gasteiger partial charge in [0.2, 0.25) is 0 Å². The molecular formula is C29H31F3N4O2. The summed E-state index contributed by atoms with van der Waals surface area (Å²) in [4.78, 5) is 0. The number of amidine groups is 1. The summed E-state index contributed by atoms with van der Waals surface area (Å²) in [6.45, 7) is 1.91. The largest absolute Gasteiger partial charge is 0.490 e. The van der Waals surface area contributed by atoms with Crippen molar-refractivity contribution in [2.75, 3.05) is 25.0 Å². The monoisotopic (exact) mass is 524 g/mol. The van der Waals surface area contributed by atoms with Crippen LogP contribution in [0.5, 0.6) is 11.5 Å². The van der Waals surface area contributed by atoms with Crippen LogP contribution in [0, 0.1) is 5.41 Å². The molecule has 0 amide bonds. The molecule has 0 unspecified atom stereocenters. The van der Waals surface area contributed by atoms with E-state index in [1.54, 1.807) is 36.4 Å². The molecule has 1 saturated heterocycles. The van der Waals surface area contributed by atoms with Crippen molar-refractivity contribution in [1.29, 1.82) is 5.41 Å². The minimum absolute atomic E-state index is 0.0494. The number of alkyl halides is 3. The van der Waals surface area contributed by atoms with Gasteiger partial charge in [-0.25, -0.2) is 0 Å². The molecule has 0 bridgehead atoms. The van der Waals surface area contributed by atoms with Crippen LogP contribution in [0.15, 0.2) is 72.8 Å². The van der Waals surface area contributed by atoms with E-state index in [4.69, 9.17) is 20.6 Å². The average Bonchev–Trinajstić information content (AvgIpc) is 2.90. The Balaban J connectivity index is 1.49. The van der Waals surface area contributed by atoms with E-state index < -0.39 is 11.7 Å². The van der Waals surface area contributed by atoms with Gasteiger partial charge in [-0.15, -0.1) is 0 Å². The normalized spacial score (nSPS) is 14.4. The number of hydrogen-bond donors (Lipinski definition) is 4. The van der Waals surface area contributed by atoms with Gasteiger partial charge in [0.1, 0.15) is 35.6 Å². The lowest BCUT2D eigenvalue weighted by atomic mass is 10.1. The van der Waals surface area contributed by atoms with E-state index in [1.807, 2.05) is 30.3 Å². The highest BCUT2D eigenvalue weighted by molar-refractivity contribution is 5.95. The second kappa shape index (κ2) is 12.5. The van der Waals surface area contributed by atoms with Gasteiger partial charge in [-0.2, -0.15) is 13.2 Å². The van der Waals surface area contributed by atoms with Gasteiger partial charge >= 0.3 is 6.18 Å². The van der Waals surface area contributed by atoms with Crippen LogP contribution in [0.1, 0.15) is 35.1 Å². The van der Waals surface area contributed by atoms with E-state index in [0.29, 0.717) is 36.3 Å². The summed E-state index contributed by atoms with van der Waals surface area (Å²) in [7, 11) is 0. The topological polar surface area (TPSA) is 92.4 Å². The summed E-state index contributed by atoms with van der Waals surface area (Å²) < 4.78 is 53.9. The smallest absolute Gasteiger partial charge is 0.421 e. The molecule has 9 heteroatoms. The van der Waals surface area contributed by atoms with Gasteiger partial charge in [-0.3, -0.25) is 5.41 Å². The van der Waals surface area contributed by atoms with Crippen LogP contribution in [0.4, 0.5) is 18.9 Å². The molecule has 5 N–H and O–H groups in total. The van der Waals surface area contributed by atoms with E-state index in [1.165, 1.54) is 12.1 Å². The van der Waals surface area contributed by atoms with Crippen molar-refractivity contribution in [3.05, 3.63) is 95.1 Å². The predicted molar refractivity (Wildman–Crippen MR) is 144 cm³/mol. The number of halogens is 3. The molecular weight excluding hydrogens is 493 g/mol. The maximum Gasteiger partial charge on any atom is 0.421 e. The standard InChI is InChI=1S/C29H31F3N4O2/c30-29(31,32)27-24(9-4-10-26(27)38-23-13-16-35-17-14-23)36-15-5-8-21-18-22(28(33)34)11-12-25(21)37-19-20-6-2-1-3-7-20/h1-12,18,23,35-36H,13-17,19H2,(H3,33,34)/b8-5+. The van der Waals surface area contributed by atoms with Crippen LogP contribution < -0.4 is 25.8 Å². The van der Waals surface area contributed by atoms with Gasteiger partial charge in [0.15, 0.2) is 0 Å². The quantitative estimate of drug-likeness (QED) is 0.198. The molecule has 0 radical (unpaired) electrons.